The Bertz CT molecular complexity index is 1550. The van der Waals surface area contributed by atoms with Crippen molar-refractivity contribution in [2.24, 2.45) is 7.05 Å². The van der Waals surface area contributed by atoms with E-state index in [-0.39, 0.29) is 0 Å². The van der Waals surface area contributed by atoms with Gasteiger partial charge in [-0.25, -0.2) is 4.57 Å². The van der Waals surface area contributed by atoms with Crippen molar-refractivity contribution < 1.29 is 4.57 Å². The summed E-state index contributed by atoms with van der Waals surface area (Å²) >= 11 is 0. The zero-order valence-corrected chi connectivity index (χ0v) is 16.1. The lowest BCUT2D eigenvalue weighted by atomic mass is 9.96. The van der Waals surface area contributed by atoms with E-state index in [1.165, 1.54) is 65.7 Å². The standard InChI is InChI=1S/C25H21N2/c1-14-8-9-18-19-13-15(2)16(3)22-24(19)27(21(18)12-14)20-7-5-6-17-10-11-26(4)25(22)23(17)20/h5-13H,1-4H3/q+1. The van der Waals surface area contributed by atoms with Gasteiger partial charge in [0.25, 0.3) is 0 Å². The SMILES string of the molecule is Cc1ccc2c3cc(C)c(C)c4c3n(c2c1)c1cccc2cc[n+](C)c4c21. The Balaban J connectivity index is 2.16. The molecule has 0 N–H and O–H groups in total. The van der Waals surface area contributed by atoms with Crippen LogP contribution >= 0.6 is 0 Å². The van der Waals surface area contributed by atoms with Crippen molar-refractivity contribution >= 4 is 49.0 Å². The number of aryl methyl sites for hydroxylation is 4. The first-order chi connectivity index (χ1) is 13.1. The van der Waals surface area contributed by atoms with Crippen LogP contribution in [0.3, 0.4) is 0 Å². The largest absolute Gasteiger partial charge is 0.307 e. The van der Waals surface area contributed by atoms with Crippen molar-refractivity contribution in [1.29, 1.82) is 0 Å². The second-order valence-corrected chi connectivity index (χ2v) is 7.96. The number of aromatic nitrogens is 2. The van der Waals surface area contributed by atoms with E-state index in [9.17, 15) is 0 Å². The summed E-state index contributed by atoms with van der Waals surface area (Å²) in [5.41, 5.74) is 9.31. The maximum atomic E-state index is 2.49. The number of hydrogen-bond donors (Lipinski definition) is 0. The molecule has 6 aromatic rings. The Hall–Kier alpha value is -3.13. The summed E-state index contributed by atoms with van der Waals surface area (Å²) in [6.07, 6.45) is 2.19. The van der Waals surface area contributed by atoms with Crippen LogP contribution in [0.25, 0.3) is 49.0 Å². The van der Waals surface area contributed by atoms with Crippen molar-refractivity contribution in [2.45, 2.75) is 20.8 Å². The average molecular weight is 349 g/mol. The zero-order chi connectivity index (χ0) is 18.4. The summed E-state index contributed by atoms with van der Waals surface area (Å²) in [7, 11) is 2.17. The Kier molecular flexibility index (Phi) is 2.65. The number of benzene rings is 3. The van der Waals surface area contributed by atoms with Crippen LogP contribution in [0.15, 0.2) is 54.7 Å². The lowest BCUT2D eigenvalue weighted by Gasteiger charge is -2.13. The van der Waals surface area contributed by atoms with Gasteiger partial charge in [-0.1, -0.05) is 24.3 Å². The highest BCUT2D eigenvalue weighted by Gasteiger charge is 2.24. The van der Waals surface area contributed by atoms with Crippen molar-refractivity contribution in [3.05, 3.63) is 71.4 Å². The van der Waals surface area contributed by atoms with Gasteiger partial charge in [0.15, 0.2) is 6.20 Å². The van der Waals surface area contributed by atoms with Crippen LogP contribution in [0.2, 0.25) is 0 Å². The van der Waals surface area contributed by atoms with Crippen LogP contribution in [0.4, 0.5) is 0 Å². The minimum atomic E-state index is 1.29. The summed E-state index contributed by atoms with van der Waals surface area (Å²) < 4.78 is 4.79. The monoisotopic (exact) mass is 349 g/mol. The summed E-state index contributed by atoms with van der Waals surface area (Å²) in [5.74, 6) is 0. The quantitative estimate of drug-likeness (QED) is 0.188. The highest BCUT2D eigenvalue weighted by Crippen LogP contribution is 2.41. The lowest BCUT2D eigenvalue weighted by Crippen LogP contribution is -2.29. The van der Waals surface area contributed by atoms with E-state index in [4.69, 9.17) is 0 Å². The van der Waals surface area contributed by atoms with Gasteiger partial charge in [-0.3, -0.25) is 0 Å². The average Bonchev–Trinajstić information content (AvgIpc) is 2.97. The smallest absolute Gasteiger partial charge is 0.224 e. The van der Waals surface area contributed by atoms with Crippen LogP contribution in [0, 0.1) is 20.8 Å². The van der Waals surface area contributed by atoms with Gasteiger partial charge in [0.2, 0.25) is 5.52 Å². The molecule has 27 heavy (non-hydrogen) atoms. The summed E-state index contributed by atoms with van der Waals surface area (Å²) in [4.78, 5) is 0. The molecule has 0 spiro atoms. The Morgan fingerprint density at radius 1 is 0.815 bits per heavy atom. The minimum Gasteiger partial charge on any atom is -0.307 e. The number of fused-ring (bicyclic) bond motifs is 5. The molecular formula is C25H21N2+. The fourth-order valence-electron chi connectivity index (χ4n) is 4.94. The third-order valence-corrected chi connectivity index (χ3v) is 6.35. The predicted octanol–water partition coefficient (Wildman–Crippen LogP) is 5.74. The van der Waals surface area contributed by atoms with E-state index in [0.29, 0.717) is 0 Å². The normalized spacial score (nSPS) is 12.4. The third-order valence-electron chi connectivity index (χ3n) is 6.35. The molecular weight excluding hydrogens is 328 g/mol. The van der Waals surface area contributed by atoms with E-state index < -0.39 is 0 Å². The van der Waals surface area contributed by atoms with Crippen molar-refractivity contribution in [3.63, 3.8) is 0 Å². The number of rotatable bonds is 0. The van der Waals surface area contributed by atoms with E-state index in [1.807, 2.05) is 0 Å². The predicted molar refractivity (Wildman–Crippen MR) is 114 cm³/mol. The molecule has 0 radical (unpaired) electrons. The third kappa shape index (κ3) is 1.69. The molecule has 0 amide bonds. The molecule has 3 aromatic heterocycles. The maximum Gasteiger partial charge on any atom is 0.224 e. The van der Waals surface area contributed by atoms with E-state index >= 15 is 0 Å². The molecule has 6 rings (SSSR count). The molecule has 2 heteroatoms. The molecule has 0 fully saturated rings. The maximum absolute atomic E-state index is 2.49. The van der Waals surface area contributed by atoms with Gasteiger partial charge in [-0.2, -0.15) is 0 Å². The molecule has 0 bridgehead atoms. The highest BCUT2D eigenvalue weighted by molar-refractivity contribution is 6.26. The van der Waals surface area contributed by atoms with Gasteiger partial charge < -0.3 is 4.40 Å². The summed E-state index contributed by atoms with van der Waals surface area (Å²) in [6.45, 7) is 6.69. The molecule has 0 aliphatic heterocycles. The van der Waals surface area contributed by atoms with Gasteiger partial charge in [-0.15, -0.1) is 0 Å². The topological polar surface area (TPSA) is 8.29 Å². The Labute approximate surface area is 157 Å². The zero-order valence-electron chi connectivity index (χ0n) is 16.1. The number of pyridine rings is 2. The summed E-state index contributed by atoms with van der Waals surface area (Å²) in [6, 6.07) is 18.1. The Morgan fingerprint density at radius 2 is 1.67 bits per heavy atom. The molecule has 2 nitrogen and oxygen atoms in total. The molecule has 3 aromatic carbocycles. The lowest BCUT2D eigenvalue weighted by molar-refractivity contribution is -0.643. The molecule has 3 heterocycles. The summed E-state index contributed by atoms with van der Waals surface area (Å²) in [5, 5.41) is 6.73. The van der Waals surface area contributed by atoms with Crippen LogP contribution < -0.4 is 4.57 Å². The molecule has 0 saturated carbocycles. The van der Waals surface area contributed by atoms with Crippen molar-refractivity contribution in [2.75, 3.05) is 0 Å². The Morgan fingerprint density at radius 3 is 2.52 bits per heavy atom. The van der Waals surface area contributed by atoms with Crippen LogP contribution in [0.5, 0.6) is 0 Å². The first-order valence-corrected chi connectivity index (χ1v) is 9.53. The molecule has 0 saturated heterocycles. The van der Waals surface area contributed by atoms with Gasteiger partial charge in [0.05, 0.1) is 27.3 Å². The number of nitrogens with zero attached hydrogens (tertiary/aromatic N) is 2. The second-order valence-electron chi connectivity index (χ2n) is 7.96. The van der Waals surface area contributed by atoms with E-state index in [2.05, 4.69) is 91.5 Å². The molecule has 0 aliphatic carbocycles. The first-order valence-electron chi connectivity index (χ1n) is 9.53. The molecule has 0 atom stereocenters. The van der Waals surface area contributed by atoms with Crippen molar-refractivity contribution in [1.82, 2.24) is 4.40 Å². The first kappa shape index (κ1) is 15.0. The fraction of sp³-hybridized carbons (Fsp3) is 0.160. The van der Waals surface area contributed by atoms with E-state index in [0.717, 1.165) is 0 Å². The second kappa shape index (κ2) is 4.77. The van der Waals surface area contributed by atoms with Crippen LogP contribution in [-0.2, 0) is 7.05 Å². The molecule has 0 aliphatic rings. The minimum absolute atomic E-state index is 1.29. The van der Waals surface area contributed by atoms with Gasteiger partial charge >= 0.3 is 0 Å². The van der Waals surface area contributed by atoms with Crippen LogP contribution in [-0.4, -0.2) is 4.40 Å². The van der Waals surface area contributed by atoms with Gasteiger partial charge in [0.1, 0.15) is 7.05 Å². The number of hydrogen-bond acceptors (Lipinski definition) is 0. The molecule has 130 valence electrons. The van der Waals surface area contributed by atoms with Gasteiger partial charge in [-0.05, 0) is 61.0 Å². The van der Waals surface area contributed by atoms with Crippen LogP contribution in [0.1, 0.15) is 16.7 Å². The van der Waals surface area contributed by atoms with Gasteiger partial charge in [0, 0.05) is 16.8 Å². The van der Waals surface area contributed by atoms with E-state index in [1.54, 1.807) is 0 Å². The highest BCUT2D eigenvalue weighted by atomic mass is 15.0. The fourth-order valence-corrected chi connectivity index (χ4v) is 4.94. The van der Waals surface area contributed by atoms with Crippen molar-refractivity contribution in [3.8, 4) is 0 Å². The molecule has 0 unspecified atom stereocenters.